The van der Waals surface area contributed by atoms with Crippen molar-refractivity contribution in [2.75, 3.05) is 29.5 Å². The third-order valence-electron chi connectivity index (χ3n) is 6.37. The predicted molar refractivity (Wildman–Crippen MR) is 123 cm³/mol. The lowest BCUT2D eigenvalue weighted by Gasteiger charge is -2.43. The van der Waals surface area contributed by atoms with Crippen molar-refractivity contribution in [3.05, 3.63) is 53.1 Å². The average molecular weight is 455 g/mol. The van der Waals surface area contributed by atoms with E-state index in [2.05, 4.69) is 30.9 Å². The third-order valence-corrected chi connectivity index (χ3v) is 7.95. The number of fused-ring (bicyclic) bond motifs is 2. The summed E-state index contributed by atoms with van der Waals surface area (Å²) in [5, 5.41) is 0.976. The van der Waals surface area contributed by atoms with Crippen molar-refractivity contribution in [2.24, 2.45) is 5.73 Å². The molecule has 10 heteroatoms. The molecular formula is C21H23ClN8S. The minimum Gasteiger partial charge on any atom is -0.382 e. The van der Waals surface area contributed by atoms with Gasteiger partial charge in [-0.3, -0.25) is 4.98 Å². The molecular weight excluding hydrogens is 432 g/mol. The molecule has 1 saturated heterocycles. The van der Waals surface area contributed by atoms with Crippen molar-refractivity contribution in [3.63, 3.8) is 0 Å². The molecule has 5 rings (SSSR count). The van der Waals surface area contributed by atoms with Gasteiger partial charge in [0.05, 0.1) is 11.2 Å². The first-order valence-corrected chi connectivity index (χ1v) is 11.3. The highest BCUT2D eigenvalue weighted by molar-refractivity contribution is 7.99. The molecule has 0 saturated carbocycles. The highest BCUT2D eigenvalue weighted by atomic mass is 35.5. The molecule has 4 heterocycles. The normalized spacial score (nSPS) is 19.5. The Kier molecular flexibility index (Phi) is 5.11. The molecule has 0 aromatic carbocycles. The molecule has 1 aliphatic heterocycles. The number of nitrogen functional groups attached to an aromatic ring is 2. The molecule has 31 heavy (non-hydrogen) atoms. The Morgan fingerprint density at radius 2 is 1.87 bits per heavy atom. The van der Waals surface area contributed by atoms with Gasteiger partial charge in [-0.2, -0.15) is 0 Å². The zero-order chi connectivity index (χ0) is 21.6. The predicted octanol–water partition coefficient (Wildman–Crippen LogP) is 2.66. The van der Waals surface area contributed by atoms with E-state index < -0.39 is 0 Å². The number of nitrogens with zero attached hydrogens (tertiary/aromatic N) is 5. The number of halogens is 1. The number of nitrogens with two attached hydrogens (primary N) is 3. The molecule has 0 bridgehead atoms. The molecule has 1 fully saturated rings. The van der Waals surface area contributed by atoms with Crippen molar-refractivity contribution < 1.29 is 0 Å². The molecule has 3 aromatic rings. The lowest BCUT2D eigenvalue weighted by Crippen LogP contribution is -2.50. The quantitative estimate of drug-likeness (QED) is 0.546. The maximum absolute atomic E-state index is 6.59. The topological polar surface area (TPSA) is 133 Å². The molecule has 3 aromatic heterocycles. The highest BCUT2D eigenvalue weighted by Gasteiger charge is 2.47. The number of hydrogen-bond donors (Lipinski definition) is 3. The minimum atomic E-state index is -0.00706. The summed E-state index contributed by atoms with van der Waals surface area (Å²) in [5.41, 5.74) is 21.0. The standard InChI is InChI=1S/C21H23ClN8S/c22-17-14(3-7-27-18(17)24)31-20-19(25)29-16(11-28-20)30-8-4-21(5-9-30)12-2-1-6-26-13(12)10-15(21)23/h1-3,6-7,11,15H,4-5,8-10,23H2,(H2,24,27)(H2,25,29)/t15-/m1/s1. The third kappa shape index (κ3) is 3.46. The Bertz CT molecular complexity index is 1130. The SMILES string of the molecule is Nc1nc(N2CCC3(CC2)c2cccnc2C[C@H]3N)cnc1Sc1ccnc(N)c1Cl. The number of pyridine rings is 2. The van der Waals surface area contributed by atoms with Gasteiger partial charge in [-0.1, -0.05) is 29.4 Å². The van der Waals surface area contributed by atoms with Crippen LogP contribution in [-0.2, 0) is 11.8 Å². The van der Waals surface area contributed by atoms with E-state index in [1.54, 1.807) is 18.5 Å². The van der Waals surface area contributed by atoms with Crippen LogP contribution in [0.2, 0.25) is 5.02 Å². The van der Waals surface area contributed by atoms with Gasteiger partial charge < -0.3 is 22.1 Å². The first-order chi connectivity index (χ1) is 15.0. The van der Waals surface area contributed by atoms with Crippen molar-refractivity contribution in [1.82, 2.24) is 19.9 Å². The Balaban J connectivity index is 1.32. The van der Waals surface area contributed by atoms with Gasteiger partial charge in [0.1, 0.15) is 16.7 Å². The maximum Gasteiger partial charge on any atom is 0.158 e. The van der Waals surface area contributed by atoms with E-state index in [0.29, 0.717) is 15.9 Å². The Labute approximate surface area is 189 Å². The zero-order valence-electron chi connectivity index (χ0n) is 16.8. The molecule has 1 aliphatic carbocycles. The molecule has 0 amide bonds. The first kappa shape index (κ1) is 20.3. The Morgan fingerprint density at radius 3 is 2.65 bits per heavy atom. The number of piperidine rings is 1. The molecule has 2 aliphatic rings. The van der Waals surface area contributed by atoms with E-state index in [0.717, 1.165) is 48.8 Å². The lowest BCUT2D eigenvalue weighted by atomic mass is 9.71. The van der Waals surface area contributed by atoms with Crippen molar-refractivity contribution in [1.29, 1.82) is 0 Å². The molecule has 6 N–H and O–H groups in total. The molecule has 1 atom stereocenters. The second-order valence-electron chi connectivity index (χ2n) is 7.98. The fourth-order valence-electron chi connectivity index (χ4n) is 4.67. The van der Waals surface area contributed by atoms with E-state index in [1.807, 2.05) is 12.3 Å². The van der Waals surface area contributed by atoms with Crippen LogP contribution in [0.15, 0.2) is 46.7 Å². The Hall–Kier alpha value is -2.62. The molecule has 160 valence electrons. The van der Waals surface area contributed by atoms with Crippen molar-refractivity contribution in [2.45, 2.75) is 40.6 Å². The van der Waals surface area contributed by atoms with Gasteiger partial charge in [0.25, 0.3) is 0 Å². The smallest absolute Gasteiger partial charge is 0.158 e. The van der Waals surface area contributed by atoms with Crippen LogP contribution >= 0.6 is 23.4 Å². The van der Waals surface area contributed by atoms with Crippen LogP contribution < -0.4 is 22.1 Å². The second kappa shape index (κ2) is 7.81. The lowest BCUT2D eigenvalue weighted by molar-refractivity contribution is 0.292. The van der Waals surface area contributed by atoms with Gasteiger partial charge in [0.2, 0.25) is 0 Å². The van der Waals surface area contributed by atoms with Crippen LogP contribution in [0.4, 0.5) is 17.5 Å². The van der Waals surface area contributed by atoms with E-state index in [-0.39, 0.29) is 17.3 Å². The van der Waals surface area contributed by atoms with Gasteiger partial charge in [-0.25, -0.2) is 15.0 Å². The summed E-state index contributed by atoms with van der Waals surface area (Å²) in [6.07, 6.45) is 7.97. The van der Waals surface area contributed by atoms with Gasteiger partial charge in [0.15, 0.2) is 5.82 Å². The molecule has 8 nitrogen and oxygen atoms in total. The minimum absolute atomic E-state index is 0.00706. The largest absolute Gasteiger partial charge is 0.382 e. The summed E-state index contributed by atoms with van der Waals surface area (Å²) < 4.78 is 0. The van der Waals surface area contributed by atoms with E-state index >= 15 is 0 Å². The van der Waals surface area contributed by atoms with Crippen molar-refractivity contribution >= 4 is 40.8 Å². The summed E-state index contributed by atoms with van der Waals surface area (Å²) in [6.45, 7) is 1.69. The van der Waals surface area contributed by atoms with Crippen molar-refractivity contribution in [3.8, 4) is 0 Å². The highest BCUT2D eigenvalue weighted by Crippen LogP contribution is 2.45. The van der Waals surface area contributed by atoms with Gasteiger partial charge >= 0.3 is 0 Å². The number of rotatable bonds is 3. The Morgan fingerprint density at radius 1 is 1.06 bits per heavy atom. The molecule has 0 radical (unpaired) electrons. The van der Waals surface area contributed by atoms with E-state index in [1.165, 1.54) is 17.3 Å². The molecule has 0 unspecified atom stereocenters. The maximum atomic E-state index is 6.59. The zero-order valence-corrected chi connectivity index (χ0v) is 18.4. The van der Waals surface area contributed by atoms with Crippen LogP contribution in [0.3, 0.4) is 0 Å². The van der Waals surface area contributed by atoms with Gasteiger partial charge in [-0.15, -0.1) is 0 Å². The fraction of sp³-hybridized carbons (Fsp3) is 0.333. The average Bonchev–Trinajstić information content (AvgIpc) is 3.04. The first-order valence-electron chi connectivity index (χ1n) is 10.1. The summed E-state index contributed by atoms with van der Waals surface area (Å²) >= 11 is 7.56. The summed E-state index contributed by atoms with van der Waals surface area (Å²) in [5.74, 6) is 1.41. The van der Waals surface area contributed by atoms with E-state index in [4.69, 9.17) is 28.8 Å². The van der Waals surface area contributed by atoms with Gasteiger partial charge in [0, 0.05) is 54.0 Å². The fourth-order valence-corrected chi connectivity index (χ4v) is 5.68. The van der Waals surface area contributed by atoms with Crippen LogP contribution in [0.25, 0.3) is 0 Å². The second-order valence-corrected chi connectivity index (χ2v) is 9.39. The van der Waals surface area contributed by atoms with Crippen LogP contribution in [-0.4, -0.2) is 39.1 Å². The summed E-state index contributed by atoms with van der Waals surface area (Å²) in [4.78, 5) is 20.6. The van der Waals surface area contributed by atoms with Crippen LogP contribution in [0, 0.1) is 0 Å². The molecule has 1 spiro atoms. The number of hydrogen-bond acceptors (Lipinski definition) is 9. The van der Waals surface area contributed by atoms with Crippen LogP contribution in [0.5, 0.6) is 0 Å². The summed E-state index contributed by atoms with van der Waals surface area (Å²) in [7, 11) is 0. The van der Waals surface area contributed by atoms with Crippen LogP contribution in [0.1, 0.15) is 24.1 Å². The number of aromatic nitrogens is 4. The van der Waals surface area contributed by atoms with Gasteiger partial charge in [-0.05, 0) is 30.5 Å². The number of anilines is 3. The van der Waals surface area contributed by atoms with E-state index in [9.17, 15) is 0 Å². The monoisotopic (exact) mass is 454 g/mol. The summed E-state index contributed by atoms with van der Waals surface area (Å²) in [6, 6.07) is 6.08.